The molecular weight excluding hydrogens is 680 g/mol. The first-order valence-corrected chi connectivity index (χ1v) is 18.1. The molecule has 0 atom stereocenters. The van der Waals surface area contributed by atoms with Crippen LogP contribution < -0.4 is 4.74 Å². The summed E-state index contributed by atoms with van der Waals surface area (Å²) in [7, 11) is 0. The maximum absolute atomic E-state index is 15.8. The molecule has 0 amide bonds. The molecule has 262 valence electrons. The third-order valence-corrected chi connectivity index (χ3v) is 10.1. The van der Waals surface area contributed by atoms with Gasteiger partial charge in [-0.1, -0.05) is 121 Å². The second kappa shape index (κ2) is 13.6. The van der Waals surface area contributed by atoms with E-state index in [-0.39, 0.29) is 0 Å². The highest BCUT2D eigenvalue weighted by Crippen LogP contribution is 2.46. The Kier molecular flexibility index (Phi) is 8.33. The van der Waals surface area contributed by atoms with Crippen molar-refractivity contribution in [3.63, 3.8) is 0 Å². The molecule has 0 fully saturated rings. The molecule has 5 nitrogen and oxygen atoms in total. The third-order valence-electron chi connectivity index (χ3n) is 10.1. The highest BCUT2D eigenvalue weighted by atomic mass is 19.1. The number of ether oxygens (including phenoxy) is 1. The van der Waals surface area contributed by atoms with Crippen molar-refractivity contribution < 1.29 is 9.13 Å². The van der Waals surface area contributed by atoms with E-state index < -0.39 is 11.4 Å². The highest BCUT2D eigenvalue weighted by Gasteiger charge is 2.32. The quantitative estimate of drug-likeness (QED) is 0.172. The Morgan fingerprint density at radius 2 is 1.05 bits per heavy atom. The predicted molar refractivity (Wildman–Crippen MR) is 216 cm³/mol. The summed E-state index contributed by atoms with van der Waals surface area (Å²) in [5.74, 6) is 1.60. The molecule has 1 aliphatic heterocycles. The van der Waals surface area contributed by atoms with Gasteiger partial charge in [0, 0.05) is 27.8 Å². The van der Waals surface area contributed by atoms with Crippen molar-refractivity contribution in [2.24, 2.45) is 0 Å². The van der Waals surface area contributed by atoms with E-state index in [4.69, 9.17) is 19.7 Å². The van der Waals surface area contributed by atoms with Gasteiger partial charge in [0.15, 0.2) is 17.5 Å². The molecule has 0 spiro atoms. The summed E-state index contributed by atoms with van der Waals surface area (Å²) in [6.07, 6.45) is 0. The van der Waals surface area contributed by atoms with Crippen LogP contribution in [0.1, 0.15) is 25.0 Å². The normalized spacial score (nSPS) is 12.5. The predicted octanol–water partition coefficient (Wildman–Crippen LogP) is 12.2. The Labute approximate surface area is 319 Å². The molecule has 2 heterocycles. The van der Waals surface area contributed by atoms with E-state index in [2.05, 4.69) is 50.2 Å². The monoisotopic (exact) mass is 712 g/mol. The molecule has 8 aromatic rings. The van der Waals surface area contributed by atoms with Crippen molar-refractivity contribution in [3.8, 4) is 90.5 Å². The first-order valence-electron chi connectivity index (χ1n) is 18.1. The first kappa shape index (κ1) is 33.6. The number of hydrogen-bond acceptors (Lipinski definition) is 5. The van der Waals surface area contributed by atoms with Gasteiger partial charge in [-0.3, -0.25) is 0 Å². The molecule has 0 saturated heterocycles. The minimum atomic E-state index is -0.527. The number of nitriles is 1. The summed E-state index contributed by atoms with van der Waals surface area (Å²) in [5.41, 5.74) is 10.8. The number of benzene rings is 7. The van der Waals surface area contributed by atoms with Gasteiger partial charge in [0.25, 0.3) is 0 Å². The Bertz CT molecular complexity index is 2790. The summed E-state index contributed by atoms with van der Waals surface area (Å²) in [6.45, 7) is 4.13. The standard InChI is InChI=1S/C49H33FN4O/c1-49(2)44-18-9-8-16-41(44)42-24-23-35(29-45(42)55-49)37-26-38(28-39(50)27-37)47-52-46(36-14-10-13-34(25-36)32-21-19-31(30-51)20-22-32)53-48(54-47)43-17-7-6-15-40(43)33-11-4-3-5-12-33/h3-29H,1-2H3. The SMILES string of the molecule is CC1(C)Oc2cc(-c3cc(F)cc(-c4nc(-c5cccc(-c6ccc(C#N)cc6)c5)nc(-c5ccccc5-c5ccccc5)n4)c3)ccc2-c2ccccc21. The summed E-state index contributed by atoms with van der Waals surface area (Å²) in [5, 5.41) is 9.32. The molecule has 55 heavy (non-hydrogen) atoms. The minimum absolute atomic E-state index is 0.344. The molecule has 0 bridgehead atoms. The summed E-state index contributed by atoms with van der Waals surface area (Å²) in [6, 6.07) is 55.0. The summed E-state index contributed by atoms with van der Waals surface area (Å²) >= 11 is 0. The van der Waals surface area contributed by atoms with Crippen LogP contribution in [0.15, 0.2) is 164 Å². The van der Waals surface area contributed by atoms with Crippen LogP contribution in [0.3, 0.4) is 0 Å². The molecule has 0 aliphatic carbocycles. The second-order valence-electron chi connectivity index (χ2n) is 14.1. The van der Waals surface area contributed by atoms with Gasteiger partial charge >= 0.3 is 0 Å². The topological polar surface area (TPSA) is 71.7 Å². The van der Waals surface area contributed by atoms with Crippen molar-refractivity contribution in [2.75, 3.05) is 0 Å². The maximum Gasteiger partial charge on any atom is 0.164 e. The molecular formula is C49H33FN4O. The number of rotatable bonds is 6. The van der Waals surface area contributed by atoms with Crippen LogP contribution in [0, 0.1) is 17.1 Å². The number of fused-ring (bicyclic) bond motifs is 3. The zero-order chi connectivity index (χ0) is 37.5. The lowest BCUT2D eigenvalue weighted by atomic mass is 9.85. The average Bonchev–Trinajstić information content (AvgIpc) is 3.23. The van der Waals surface area contributed by atoms with Gasteiger partial charge in [-0.25, -0.2) is 19.3 Å². The van der Waals surface area contributed by atoms with Crippen molar-refractivity contribution in [1.29, 1.82) is 5.26 Å². The molecule has 9 rings (SSSR count). The Balaban J connectivity index is 1.19. The molecule has 7 aromatic carbocycles. The van der Waals surface area contributed by atoms with Gasteiger partial charge in [0.05, 0.1) is 11.6 Å². The highest BCUT2D eigenvalue weighted by molar-refractivity contribution is 5.84. The summed E-state index contributed by atoms with van der Waals surface area (Å²) < 4.78 is 22.3. The smallest absolute Gasteiger partial charge is 0.164 e. The van der Waals surface area contributed by atoms with Crippen LogP contribution in [0.4, 0.5) is 4.39 Å². The van der Waals surface area contributed by atoms with Crippen LogP contribution in [-0.4, -0.2) is 15.0 Å². The molecule has 0 unspecified atom stereocenters. The fourth-order valence-electron chi connectivity index (χ4n) is 7.34. The maximum atomic E-state index is 15.8. The second-order valence-corrected chi connectivity index (χ2v) is 14.1. The van der Waals surface area contributed by atoms with Gasteiger partial charge in [0.2, 0.25) is 0 Å². The Morgan fingerprint density at radius 1 is 0.473 bits per heavy atom. The van der Waals surface area contributed by atoms with Gasteiger partial charge in [0.1, 0.15) is 17.2 Å². The van der Waals surface area contributed by atoms with Gasteiger partial charge in [-0.15, -0.1) is 0 Å². The van der Waals surface area contributed by atoms with Gasteiger partial charge in [-0.05, 0) is 95.3 Å². The van der Waals surface area contributed by atoms with Crippen LogP contribution >= 0.6 is 0 Å². The van der Waals surface area contributed by atoms with E-state index in [0.29, 0.717) is 34.2 Å². The van der Waals surface area contributed by atoms with E-state index in [1.165, 1.54) is 12.1 Å². The lowest BCUT2D eigenvalue weighted by Gasteiger charge is -2.35. The van der Waals surface area contributed by atoms with Crippen LogP contribution in [0.2, 0.25) is 0 Å². The van der Waals surface area contributed by atoms with E-state index in [0.717, 1.165) is 61.4 Å². The molecule has 0 radical (unpaired) electrons. The van der Waals surface area contributed by atoms with Crippen LogP contribution in [0.5, 0.6) is 5.75 Å². The van der Waals surface area contributed by atoms with Crippen molar-refractivity contribution >= 4 is 0 Å². The fourth-order valence-corrected chi connectivity index (χ4v) is 7.34. The molecule has 6 heteroatoms. The van der Waals surface area contributed by atoms with E-state index >= 15 is 4.39 Å². The van der Waals surface area contributed by atoms with E-state index in [9.17, 15) is 5.26 Å². The zero-order valence-electron chi connectivity index (χ0n) is 30.2. The average molecular weight is 713 g/mol. The number of halogens is 1. The van der Waals surface area contributed by atoms with Gasteiger partial charge < -0.3 is 4.74 Å². The number of aromatic nitrogens is 3. The van der Waals surface area contributed by atoms with Crippen molar-refractivity contribution in [2.45, 2.75) is 19.4 Å². The largest absolute Gasteiger partial charge is 0.482 e. The molecule has 1 aliphatic rings. The van der Waals surface area contributed by atoms with E-state index in [1.807, 2.05) is 109 Å². The molecule has 1 aromatic heterocycles. The molecule has 0 saturated carbocycles. The zero-order valence-corrected chi connectivity index (χ0v) is 30.2. The van der Waals surface area contributed by atoms with Crippen LogP contribution in [-0.2, 0) is 5.60 Å². The Morgan fingerprint density at radius 3 is 1.84 bits per heavy atom. The van der Waals surface area contributed by atoms with Crippen molar-refractivity contribution in [3.05, 3.63) is 181 Å². The lowest BCUT2D eigenvalue weighted by Crippen LogP contribution is -2.29. The number of nitrogens with zero attached hydrogens (tertiary/aromatic N) is 4. The van der Waals surface area contributed by atoms with E-state index in [1.54, 1.807) is 12.1 Å². The van der Waals surface area contributed by atoms with Crippen molar-refractivity contribution in [1.82, 2.24) is 15.0 Å². The minimum Gasteiger partial charge on any atom is -0.482 e. The summed E-state index contributed by atoms with van der Waals surface area (Å²) in [4.78, 5) is 15.1. The number of hydrogen-bond donors (Lipinski definition) is 0. The molecule has 0 N–H and O–H groups in total. The fraction of sp³-hybridized carbons (Fsp3) is 0.0612. The van der Waals surface area contributed by atoms with Gasteiger partial charge in [-0.2, -0.15) is 5.26 Å². The Hall–Kier alpha value is -7.23. The lowest BCUT2D eigenvalue weighted by molar-refractivity contribution is 0.106. The van der Waals surface area contributed by atoms with Crippen LogP contribution in [0.25, 0.3) is 78.7 Å². The first-order chi connectivity index (χ1) is 26.8. The third kappa shape index (κ3) is 6.43.